The Balaban J connectivity index is 1.75. The maximum Gasteiger partial charge on any atom is 0.264 e. The van der Waals surface area contributed by atoms with Crippen molar-refractivity contribution in [3.05, 3.63) is 88.4 Å². The Morgan fingerprint density at radius 3 is 2.51 bits per heavy atom. The van der Waals surface area contributed by atoms with Crippen LogP contribution in [-0.2, 0) is 16.4 Å². The molecule has 188 valence electrons. The Morgan fingerprint density at radius 2 is 1.81 bits per heavy atom. The third-order valence-electron chi connectivity index (χ3n) is 5.55. The van der Waals surface area contributed by atoms with Crippen LogP contribution in [0.1, 0.15) is 40.7 Å². The summed E-state index contributed by atoms with van der Waals surface area (Å²) >= 11 is 0. The number of anilines is 2. The normalized spacial score (nSPS) is 11.1. The molecule has 4 rings (SSSR count). The molecular weight excluding hydrogens is 491 g/mol. The van der Waals surface area contributed by atoms with E-state index in [4.69, 9.17) is 5.73 Å². The second kappa shape index (κ2) is 10.3. The van der Waals surface area contributed by atoms with Crippen LogP contribution in [-0.4, -0.2) is 28.4 Å². The first-order chi connectivity index (χ1) is 17.6. The molecule has 0 bridgehead atoms. The van der Waals surface area contributed by atoms with Gasteiger partial charge in [0.1, 0.15) is 10.7 Å². The molecule has 8 nitrogen and oxygen atoms in total. The van der Waals surface area contributed by atoms with Crippen LogP contribution in [0.2, 0.25) is 0 Å². The first kappa shape index (κ1) is 25.7. The maximum absolute atomic E-state index is 14.4. The van der Waals surface area contributed by atoms with E-state index in [1.54, 1.807) is 26.1 Å². The summed E-state index contributed by atoms with van der Waals surface area (Å²) in [6, 6.07) is 9.20. The molecule has 0 saturated carbocycles. The average Bonchev–Trinajstić information content (AvgIpc) is 2.84. The molecule has 0 aliphatic heterocycles. The molecule has 0 aliphatic rings. The molecule has 1 aromatic carbocycles. The summed E-state index contributed by atoms with van der Waals surface area (Å²) in [5, 5.41) is 0. The zero-order chi connectivity index (χ0) is 26.7. The van der Waals surface area contributed by atoms with Crippen molar-refractivity contribution in [3.8, 4) is 23.1 Å². The van der Waals surface area contributed by atoms with Gasteiger partial charge >= 0.3 is 0 Å². The van der Waals surface area contributed by atoms with Crippen molar-refractivity contribution in [1.29, 1.82) is 0 Å². The van der Waals surface area contributed by atoms with Gasteiger partial charge in [0.15, 0.2) is 0 Å². The van der Waals surface area contributed by atoms with E-state index in [-0.39, 0.29) is 11.6 Å². The van der Waals surface area contributed by atoms with Crippen LogP contribution in [0.4, 0.5) is 16.0 Å². The van der Waals surface area contributed by atoms with E-state index in [9.17, 15) is 12.8 Å². The van der Waals surface area contributed by atoms with E-state index in [0.717, 1.165) is 11.3 Å². The van der Waals surface area contributed by atoms with Gasteiger partial charge in [0.05, 0.1) is 28.3 Å². The third kappa shape index (κ3) is 5.73. The number of hydrogen-bond donors (Lipinski definition) is 2. The highest BCUT2D eigenvalue weighted by molar-refractivity contribution is 7.92. The molecule has 3 heterocycles. The molecule has 0 radical (unpaired) electrons. The topological polar surface area (TPSA) is 124 Å². The standard InChI is InChI=1S/C27H25FN6O2S/c1-5-23-21(26(33-27(29)32-23)20-10-11-30-17(3)13-20)8-7-19-14-24(18(4)31-15-19)34-37(35,36)25-9-6-16(2)12-22(25)28/h6,9-15,34H,5H2,1-4H3,(H2,29,32,33). The molecule has 0 spiro atoms. The van der Waals surface area contributed by atoms with E-state index < -0.39 is 20.7 Å². The van der Waals surface area contributed by atoms with E-state index in [1.807, 2.05) is 26.0 Å². The summed E-state index contributed by atoms with van der Waals surface area (Å²) in [6.45, 7) is 7.15. The van der Waals surface area contributed by atoms with Gasteiger partial charge in [-0.2, -0.15) is 0 Å². The van der Waals surface area contributed by atoms with Gasteiger partial charge in [-0.05, 0) is 63.1 Å². The largest absolute Gasteiger partial charge is 0.368 e. The van der Waals surface area contributed by atoms with Gasteiger partial charge in [-0.15, -0.1) is 0 Å². The number of nitrogens with zero attached hydrogens (tertiary/aromatic N) is 4. The summed E-state index contributed by atoms with van der Waals surface area (Å²) in [7, 11) is -4.18. The first-order valence-corrected chi connectivity index (χ1v) is 12.9. The van der Waals surface area contributed by atoms with Crippen molar-refractivity contribution in [2.45, 2.75) is 39.0 Å². The molecule has 0 aliphatic carbocycles. The fourth-order valence-corrected chi connectivity index (χ4v) is 4.85. The molecule has 0 saturated heterocycles. The monoisotopic (exact) mass is 516 g/mol. The number of rotatable bonds is 5. The van der Waals surface area contributed by atoms with Gasteiger partial charge in [-0.3, -0.25) is 14.7 Å². The van der Waals surface area contributed by atoms with Gasteiger partial charge in [0, 0.05) is 29.2 Å². The Morgan fingerprint density at radius 1 is 1.03 bits per heavy atom. The smallest absolute Gasteiger partial charge is 0.264 e. The molecule has 3 N–H and O–H groups in total. The van der Waals surface area contributed by atoms with Crippen molar-refractivity contribution >= 4 is 21.7 Å². The number of sulfonamides is 1. The van der Waals surface area contributed by atoms with E-state index in [1.165, 1.54) is 24.4 Å². The number of hydrogen-bond acceptors (Lipinski definition) is 7. The molecule has 0 amide bonds. The molecule has 37 heavy (non-hydrogen) atoms. The average molecular weight is 517 g/mol. The third-order valence-corrected chi connectivity index (χ3v) is 6.94. The lowest BCUT2D eigenvalue weighted by atomic mass is 10.0. The lowest BCUT2D eigenvalue weighted by molar-refractivity contribution is 0.569. The first-order valence-electron chi connectivity index (χ1n) is 11.4. The lowest BCUT2D eigenvalue weighted by Crippen LogP contribution is -2.16. The van der Waals surface area contributed by atoms with Crippen molar-refractivity contribution in [1.82, 2.24) is 19.9 Å². The number of nitrogens with two attached hydrogens (primary N) is 1. The number of nitrogens with one attached hydrogen (secondary N) is 1. The second-order valence-electron chi connectivity index (χ2n) is 8.44. The van der Waals surface area contributed by atoms with Crippen LogP contribution in [0.5, 0.6) is 0 Å². The number of halogens is 1. The molecule has 0 atom stereocenters. The summed E-state index contributed by atoms with van der Waals surface area (Å²) in [6.07, 6.45) is 3.80. The van der Waals surface area contributed by atoms with Gasteiger partial charge in [-0.1, -0.05) is 24.8 Å². The zero-order valence-electron chi connectivity index (χ0n) is 20.8. The summed E-state index contributed by atoms with van der Waals surface area (Å²) in [5.74, 6) is 5.47. The van der Waals surface area contributed by atoms with E-state index in [0.29, 0.717) is 40.2 Å². The number of nitrogen functional groups attached to an aromatic ring is 1. The minimum atomic E-state index is -4.18. The van der Waals surface area contributed by atoms with E-state index in [2.05, 4.69) is 36.5 Å². The predicted molar refractivity (Wildman–Crippen MR) is 141 cm³/mol. The van der Waals surface area contributed by atoms with Crippen molar-refractivity contribution in [2.24, 2.45) is 0 Å². The van der Waals surface area contributed by atoms with Gasteiger partial charge in [-0.25, -0.2) is 22.8 Å². The number of pyridine rings is 2. The highest BCUT2D eigenvalue weighted by atomic mass is 32.2. The highest BCUT2D eigenvalue weighted by Gasteiger charge is 2.20. The molecule has 0 fully saturated rings. The van der Waals surface area contributed by atoms with E-state index >= 15 is 0 Å². The highest BCUT2D eigenvalue weighted by Crippen LogP contribution is 2.26. The maximum atomic E-state index is 14.4. The molecular formula is C27H25FN6O2S. The molecule has 4 aromatic rings. The number of aryl methyl sites for hydroxylation is 4. The number of aromatic nitrogens is 4. The Hall–Kier alpha value is -4.36. The second-order valence-corrected chi connectivity index (χ2v) is 10.1. The molecule has 3 aromatic heterocycles. The Kier molecular flexibility index (Phi) is 7.18. The van der Waals surface area contributed by atoms with Crippen LogP contribution < -0.4 is 10.5 Å². The Labute approximate surface area is 215 Å². The quantitative estimate of drug-likeness (QED) is 0.378. The summed E-state index contributed by atoms with van der Waals surface area (Å²) in [4.78, 5) is 16.8. The fraction of sp³-hybridized carbons (Fsp3) is 0.185. The minimum Gasteiger partial charge on any atom is -0.368 e. The van der Waals surface area contributed by atoms with Crippen LogP contribution in [0.3, 0.4) is 0 Å². The van der Waals surface area contributed by atoms with Crippen LogP contribution in [0.25, 0.3) is 11.3 Å². The molecule has 0 unspecified atom stereocenters. The van der Waals surface area contributed by atoms with Crippen molar-refractivity contribution < 1.29 is 12.8 Å². The van der Waals surface area contributed by atoms with Gasteiger partial charge in [0.2, 0.25) is 5.95 Å². The Bertz CT molecular complexity index is 1680. The summed E-state index contributed by atoms with van der Waals surface area (Å²) in [5.41, 5.74) is 11.1. The van der Waals surface area contributed by atoms with Crippen LogP contribution in [0, 0.1) is 38.4 Å². The minimum absolute atomic E-state index is 0.142. The predicted octanol–water partition coefficient (Wildman–Crippen LogP) is 4.34. The van der Waals surface area contributed by atoms with Crippen molar-refractivity contribution in [2.75, 3.05) is 10.5 Å². The molecule has 10 heteroatoms. The SMILES string of the molecule is CCc1nc(N)nc(-c2ccnc(C)c2)c1C#Cc1cnc(C)c(NS(=O)(=O)c2ccc(C)cc2F)c1. The fourth-order valence-electron chi connectivity index (χ4n) is 3.68. The van der Waals surface area contributed by atoms with Gasteiger partial charge < -0.3 is 5.73 Å². The van der Waals surface area contributed by atoms with Crippen LogP contribution >= 0.6 is 0 Å². The van der Waals surface area contributed by atoms with Crippen LogP contribution in [0.15, 0.2) is 53.7 Å². The summed E-state index contributed by atoms with van der Waals surface area (Å²) < 4.78 is 42.5. The van der Waals surface area contributed by atoms with Crippen molar-refractivity contribution in [3.63, 3.8) is 0 Å². The number of benzene rings is 1. The zero-order valence-corrected chi connectivity index (χ0v) is 21.6. The lowest BCUT2D eigenvalue weighted by Gasteiger charge is -2.11. The van der Waals surface area contributed by atoms with Gasteiger partial charge in [0.25, 0.3) is 10.0 Å².